The van der Waals surface area contributed by atoms with Gasteiger partial charge in [0.25, 0.3) is 17.7 Å². The van der Waals surface area contributed by atoms with E-state index in [-0.39, 0.29) is 10.5 Å². The highest BCUT2D eigenvalue weighted by Gasteiger charge is 2.27. The highest BCUT2D eigenvalue weighted by Crippen LogP contribution is 2.34. The molecule has 1 heterocycles. The molecule has 0 saturated carbocycles. The molecule has 1 aromatic heterocycles. The van der Waals surface area contributed by atoms with Gasteiger partial charge in [0.1, 0.15) is 16.5 Å². The average Bonchev–Trinajstić information content (AvgIpc) is 2.67. The van der Waals surface area contributed by atoms with Crippen molar-refractivity contribution in [3.63, 3.8) is 0 Å². The van der Waals surface area contributed by atoms with Gasteiger partial charge in [-0.2, -0.15) is 5.26 Å². The molecular weight excluding hydrogens is 483 g/mol. The van der Waals surface area contributed by atoms with Crippen molar-refractivity contribution in [2.45, 2.75) is 4.90 Å². The Labute approximate surface area is 175 Å². The molecule has 0 unspecified atom stereocenters. The lowest BCUT2D eigenvalue weighted by molar-refractivity contribution is 0.585. The molecule has 3 aromatic rings. The molecule has 0 spiro atoms. The Kier molecular flexibility index (Phi) is 5.58. The van der Waals surface area contributed by atoms with Crippen molar-refractivity contribution >= 4 is 33.7 Å². The quantitative estimate of drug-likeness (QED) is 0.401. The standard InChI is InChI=1S/C19H12BrFN2O4S2/c1-28(24,25)29(26,27)16-8-4-12(5-9-16)17-10-14(11-22)19(20)23-18(17)13-2-6-15(21)7-3-13/h2-10H,1H3. The molecule has 0 aliphatic carbocycles. The predicted octanol–water partition coefficient (Wildman–Crippen LogP) is 3.92. The minimum absolute atomic E-state index is 0.249. The van der Waals surface area contributed by atoms with Gasteiger partial charge in [-0.25, -0.2) is 26.2 Å². The summed E-state index contributed by atoms with van der Waals surface area (Å²) < 4.78 is 60.8. The Morgan fingerprint density at radius 1 is 0.966 bits per heavy atom. The van der Waals surface area contributed by atoms with Crippen LogP contribution in [0, 0.1) is 17.1 Å². The van der Waals surface area contributed by atoms with E-state index in [1.54, 1.807) is 6.07 Å². The van der Waals surface area contributed by atoms with E-state index in [1.807, 2.05) is 6.07 Å². The Balaban J connectivity index is 2.20. The maximum absolute atomic E-state index is 13.3. The fraction of sp³-hybridized carbons (Fsp3) is 0.0526. The molecule has 6 nitrogen and oxygen atoms in total. The summed E-state index contributed by atoms with van der Waals surface area (Å²) in [5, 5.41) is 9.31. The number of pyridine rings is 1. The van der Waals surface area contributed by atoms with Crippen LogP contribution in [0.3, 0.4) is 0 Å². The third-order valence-electron chi connectivity index (χ3n) is 4.07. The Morgan fingerprint density at radius 2 is 1.52 bits per heavy atom. The summed E-state index contributed by atoms with van der Waals surface area (Å²) in [6.07, 6.45) is 0.626. The number of benzene rings is 2. The van der Waals surface area contributed by atoms with Crippen molar-refractivity contribution in [1.82, 2.24) is 4.98 Å². The van der Waals surface area contributed by atoms with Gasteiger partial charge in [0.15, 0.2) is 0 Å². The fourth-order valence-corrected chi connectivity index (χ4v) is 5.17. The number of hydrogen-bond donors (Lipinski definition) is 0. The molecule has 29 heavy (non-hydrogen) atoms. The van der Waals surface area contributed by atoms with Crippen LogP contribution in [0.15, 0.2) is 64.1 Å². The van der Waals surface area contributed by atoms with Gasteiger partial charge in [-0.05, 0) is 64.0 Å². The Morgan fingerprint density at radius 3 is 2.03 bits per heavy atom. The average molecular weight is 495 g/mol. The van der Waals surface area contributed by atoms with Gasteiger partial charge in [0, 0.05) is 11.1 Å². The van der Waals surface area contributed by atoms with Crippen molar-refractivity contribution in [2.75, 3.05) is 6.26 Å². The fourth-order valence-electron chi connectivity index (χ4n) is 2.59. The maximum Gasteiger partial charge on any atom is 0.281 e. The monoisotopic (exact) mass is 494 g/mol. The number of nitriles is 1. The van der Waals surface area contributed by atoms with Crippen molar-refractivity contribution < 1.29 is 21.2 Å². The summed E-state index contributed by atoms with van der Waals surface area (Å²) in [7, 11) is -8.84. The summed E-state index contributed by atoms with van der Waals surface area (Å²) in [6, 6.07) is 14.4. The second kappa shape index (κ2) is 7.67. The first-order valence-electron chi connectivity index (χ1n) is 7.96. The molecule has 0 aliphatic heterocycles. The van der Waals surface area contributed by atoms with E-state index >= 15 is 0 Å². The van der Waals surface area contributed by atoms with E-state index in [2.05, 4.69) is 20.9 Å². The maximum atomic E-state index is 13.3. The van der Waals surface area contributed by atoms with Crippen molar-refractivity contribution in [3.8, 4) is 28.5 Å². The lowest BCUT2D eigenvalue weighted by Crippen LogP contribution is -2.13. The van der Waals surface area contributed by atoms with Crippen LogP contribution in [0.1, 0.15) is 5.56 Å². The largest absolute Gasteiger partial charge is 0.281 e. The molecule has 0 fully saturated rings. The molecule has 0 N–H and O–H groups in total. The molecule has 2 aromatic carbocycles. The normalized spacial score (nSPS) is 11.8. The molecule has 148 valence electrons. The smallest absolute Gasteiger partial charge is 0.239 e. The van der Waals surface area contributed by atoms with Crippen LogP contribution in [0.5, 0.6) is 0 Å². The lowest BCUT2D eigenvalue weighted by Gasteiger charge is -2.12. The number of aromatic nitrogens is 1. The van der Waals surface area contributed by atoms with Gasteiger partial charge in [-0.3, -0.25) is 0 Å². The van der Waals surface area contributed by atoms with Gasteiger partial charge < -0.3 is 0 Å². The zero-order chi connectivity index (χ0) is 21.4. The summed E-state index contributed by atoms with van der Waals surface area (Å²) in [6.45, 7) is 0. The highest BCUT2D eigenvalue weighted by molar-refractivity contribution is 9.10. The molecule has 0 radical (unpaired) electrons. The first-order valence-corrected chi connectivity index (χ1v) is 12.6. The number of rotatable bonds is 4. The molecule has 0 bridgehead atoms. The van der Waals surface area contributed by atoms with Gasteiger partial charge in [0.2, 0.25) is 0 Å². The van der Waals surface area contributed by atoms with Crippen LogP contribution < -0.4 is 0 Å². The minimum atomic E-state index is -4.51. The van der Waals surface area contributed by atoms with E-state index in [9.17, 15) is 26.5 Å². The third kappa shape index (κ3) is 4.07. The summed E-state index contributed by atoms with van der Waals surface area (Å²) in [5.41, 5.74) is 2.28. The third-order valence-corrected chi connectivity index (χ3v) is 9.29. The predicted molar refractivity (Wildman–Crippen MR) is 110 cm³/mol. The number of hydrogen-bond acceptors (Lipinski definition) is 6. The number of nitrogens with zero attached hydrogens (tertiary/aromatic N) is 2. The van der Waals surface area contributed by atoms with Crippen LogP contribution in [0.25, 0.3) is 22.4 Å². The van der Waals surface area contributed by atoms with Gasteiger partial charge in [0.05, 0.1) is 22.4 Å². The van der Waals surface area contributed by atoms with E-state index in [0.717, 1.165) is 0 Å². The first-order chi connectivity index (χ1) is 13.5. The Hall–Kier alpha value is -2.61. The summed E-state index contributed by atoms with van der Waals surface area (Å²) >= 11 is 3.23. The lowest BCUT2D eigenvalue weighted by atomic mass is 9.98. The highest BCUT2D eigenvalue weighted by atomic mass is 79.9. The van der Waals surface area contributed by atoms with Crippen LogP contribution in [0.4, 0.5) is 4.39 Å². The van der Waals surface area contributed by atoms with E-state index < -0.39 is 23.6 Å². The van der Waals surface area contributed by atoms with Crippen LogP contribution in [-0.4, -0.2) is 28.1 Å². The molecule has 3 rings (SSSR count). The summed E-state index contributed by atoms with van der Waals surface area (Å²) in [4.78, 5) is 4.02. The molecule has 10 heteroatoms. The van der Waals surface area contributed by atoms with Crippen molar-refractivity contribution in [2.24, 2.45) is 0 Å². The molecule has 0 amide bonds. The second-order valence-corrected chi connectivity index (χ2v) is 12.7. The zero-order valence-electron chi connectivity index (χ0n) is 14.8. The second-order valence-electron chi connectivity index (χ2n) is 6.02. The van der Waals surface area contributed by atoms with Crippen molar-refractivity contribution in [3.05, 3.63) is 70.6 Å². The van der Waals surface area contributed by atoms with E-state index in [0.29, 0.717) is 33.2 Å². The van der Waals surface area contributed by atoms with Crippen LogP contribution in [-0.2, 0) is 17.7 Å². The zero-order valence-corrected chi connectivity index (χ0v) is 18.0. The Bertz CT molecular complexity index is 1350. The summed E-state index contributed by atoms with van der Waals surface area (Å²) in [5.74, 6) is -0.418. The van der Waals surface area contributed by atoms with Gasteiger partial charge in [-0.1, -0.05) is 12.1 Å². The topological polar surface area (TPSA) is 105 Å². The van der Waals surface area contributed by atoms with Crippen LogP contribution >= 0.6 is 15.9 Å². The van der Waals surface area contributed by atoms with E-state index in [4.69, 9.17) is 0 Å². The van der Waals surface area contributed by atoms with Gasteiger partial charge in [-0.15, -0.1) is 0 Å². The van der Waals surface area contributed by atoms with Crippen LogP contribution in [0.2, 0.25) is 0 Å². The SMILES string of the molecule is CS(=O)(=O)S(=O)(=O)c1ccc(-c2cc(C#N)c(Br)nc2-c2ccc(F)cc2)cc1. The number of halogens is 2. The molecule has 0 aliphatic rings. The molecule has 0 saturated heterocycles. The van der Waals surface area contributed by atoms with E-state index in [1.165, 1.54) is 48.5 Å². The molecular formula is C19H12BrFN2O4S2. The van der Waals surface area contributed by atoms with Crippen molar-refractivity contribution in [1.29, 1.82) is 5.26 Å². The minimum Gasteiger partial charge on any atom is -0.239 e. The molecule has 0 atom stereocenters. The van der Waals surface area contributed by atoms with Gasteiger partial charge >= 0.3 is 0 Å². The first kappa shape index (κ1) is 21.1.